The van der Waals surface area contributed by atoms with Crippen molar-refractivity contribution >= 4 is 18.0 Å². The van der Waals surface area contributed by atoms with Crippen molar-refractivity contribution in [3.8, 4) is 11.5 Å². The van der Waals surface area contributed by atoms with Crippen molar-refractivity contribution in [3.63, 3.8) is 0 Å². The average molecular weight is 464 g/mol. The molecule has 0 radical (unpaired) electrons. The molecule has 0 aliphatic rings. The van der Waals surface area contributed by atoms with Crippen molar-refractivity contribution in [2.75, 3.05) is 6.54 Å². The van der Waals surface area contributed by atoms with Crippen LogP contribution in [0, 0.1) is 0 Å². The Morgan fingerprint density at radius 3 is 2.18 bits per heavy atom. The second-order valence-corrected chi connectivity index (χ2v) is 9.66. The lowest BCUT2D eigenvalue weighted by molar-refractivity contribution is -0.177. The van der Waals surface area contributed by atoms with E-state index >= 15 is 0 Å². The van der Waals surface area contributed by atoms with E-state index in [0.717, 1.165) is 4.80 Å². The van der Waals surface area contributed by atoms with Gasteiger partial charge in [0.2, 0.25) is 5.54 Å². The van der Waals surface area contributed by atoms with Gasteiger partial charge in [0.15, 0.2) is 5.76 Å². The van der Waals surface area contributed by atoms with Gasteiger partial charge in [-0.2, -0.15) is 5.10 Å². The van der Waals surface area contributed by atoms with Gasteiger partial charge in [0, 0.05) is 6.54 Å². The molecule has 0 aliphatic carbocycles. The Labute approximate surface area is 193 Å². The van der Waals surface area contributed by atoms with Crippen molar-refractivity contribution in [2.24, 2.45) is 5.73 Å². The van der Waals surface area contributed by atoms with Crippen LogP contribution in [0.2, 0.25) is 0 Å². The third kappa shape index (κ3) is 7.70. The topological polar surface area (TPSA) is 152 Å². The Morgan fingerprint density at radius 2 is 1.67 bits per heavy atom. The van der Waals surface area contributed by atoms with Crippen LogP contribution in [0.3, 0.4) is 0 Å². The molecular formula is C22H33N5O6. The monoisotopic (exact) mass is 463 g/mol. The summed E-state index contributed by atoms with van der Waals surface area (Å²) in [4.78, 5) is 38.6. The lowest BCUT2D eigenvalue weighted by Gasteiger charge is -2.32. The highest BCUT2D eigenvalue weighted by molar-refractivity contribution is 6.04. The van der Waals surface area contributed by atoms with Gasteiger partial charge < -0.3 is 24.9 Å². The fourth-order valence-electron chi connectivity index (χ4n) is 2.72. The molecule has 11 heteroatoms. The number of ether oxygens (including phenoxy) is 2. The number of nitrogens with two attached hydrogens (primary N) is 1. The van der Waals surface area contributed by atoms with Crippen LogP contribution in [-0.4, -0.2) is 56.2 Å². The Bertz CT molecular complexity index is 925. The quantitative estimate of drug-likeness (QED) is 0.342. The summed E-state index contributed by atoms with van der Waals surface area (Å²) >= 11 is 0. The maximum Gasteiger partial charge on any atom is 0.359 e. The third-order valence-electron chi connectivity index (χ3n) is 4.25. The summed E-state index contributed by atoms with van der Waals surface area (Å²) in [5.74, 6) is -1.20. The first-order chi connectivity index (χ1) is 15.2. The second kappa shape index (κ2) is 10.2. The van der Waals surface area contributed by atoms with Crippen LogP contribution in [0.5, 0.6) is 0 Å². The summed E-state index contributed by atoms with van der Waals surface area (Å²) < 4.78 is 15.9. The zero-order valence-electron chi connectivity index (χ0n) is 20.0. The zero-order valence-corrected chi connectivity index (χ0v) is 20.0. The van der Waals surface area contributed by atoms with Gasteiger partial charge in [0.1, 0.15) is 16.9 Å². The lowest BCUT2D eigenvalue weighted by Crippen LogP contribution is -2.59. The Balaban J connectivity index is 1.91. The first-order valence-corrected chi connectivity index (χ1v) is 10.7. The van der Waals surface area contributed by atoms with E-state index in [4.69, 9.17) is 19.6 Å². The number of esters is 2. The zero-order chi connectivity index (χ0) is 24.9. The Morgan fingerprint density at radius 1 is 1.06 bits per heavy atom. The van der Waals surface area contributed by atoms with Crippen molar-refractivity contribution in [2.45, 2.75) is 77.5 Å². The first kappa shape index (κ1) is 26.0. The van der Waals surface area contributed by atoms with Crippen LogP contribution in [-0.2, 0) is 19.1 Å². The Hall–Kier alpha value is -3.21. The van der Waals surface area contributed by atoms with Crippen LogP contribution in [0.25, 0.3) is 11.5 Å². The molecule has 3 N–H and O–H groups in total. The van der Waals surface area contributed by atoms with Gasteiger partial charge in [-0.25, -0.2) is 14.4 Å². The number of rotatable bonds is 8. The highest BCUT2D eigenvalue weighted by Crippen LogP contribution is 2.22. The van der Waals surface area contributed by atoms with Crippen LogP contribution >= 0.6 is 0 Å². The minimum Gasteiger partial charge on any atom is -0.463 e. The average Bonchev–Trinajstić information content (AvgIpc) is 3.36. The molecule has 0 unspecified atom stereocenters. The number of hydrogen-bond donors (Lipinski definition) is 2. The van der Waals surface area contributed by atoms with Crippen LogP contribution < -0.4 is 11.1 Å². The van der Waals surface area contributed by atoms with Crippen LogP contribution in [0.1, 0.15) is 60.8 Å². The molecule has 0 saturated heterocycles. The largest absolute Gasteiger partial charge is 0.463 e. The van der Waals surface area contributed by atoms with Gasteiger partial charge in [-0.05, 0) is 72.9 Å². The predicted octanol–water partition coefficient (Wildman–Crippen LogP) is 2.65. The predicted molar refractivity (Wildman–Crippen MR) is 119 cm³/mol. The highest BCUT2D eigenvalue weighted by atomic mass is 16.6. The number of aromatic nitrogens is 3. The number of nitrogens with one attached hydrogen (secondary N) is 1. The number of carbonyl (C=O) groups excluding carboxylic acids is 3. The number of carbonyl (C=O) groups is 3. The molecule has 0 saturated carbocycles. The molecule has 0 bridgehead atoms. The number of hydrogen-bond acceptors (Lipinski definition) is 9. The van der Waals surface area contributed by atoms with Crippen molar-refractivity contribution in [3.05, 3.63) is 24.6 Å². The van der Waals surface area contributed by atoms with Gasteiger partial charge in [0.25, 0.3) is 0 Å². The van der Waals surface area contributed by atoms with E-state index in [-0.39, 0.29) is 13.0 Å². The van der Waals surface area contributed by atoms with E-state index in [9.17, 15) is 14.4 Å². The van der Waals surface area contributed by atoms with E-state index in [1.54, 1.807) is 53.7 Å². The second-order valence-electron chi connectivity index (χ2n) is 9.66. The third-order valence-corrected chi connectivity index (χ3v) is 4.25. The number of amides is 1. The van der Waals surface area contributed by atoms with Gasteiger partial charge in [0.05, 0.1) is 12.5 Å². The summed E-state index contributed by atoms with van der Waals surface area (Å²) in [5, 5.41) is 10.7. The van der Waals surface area contributed by atoms with Gasteiger partial charge in [-0.1, -0.05) is 4.80 Å². The fraction of sp³-hybridized carbons (Fsp3) is 0.591. The smallest absolute Gasteiger partial charge is 0.359 e. The maximum atomic E-state index is 12.7. The number of furan rings is 1. The van der Waals surface area contributed by atoms with E-state index in [1.807, 2.05) is 0 Å². The molecular weight excluding hydrogens is 430 g/mol. The van der Waals surface area contributed by atoms with Crippen molar-refractivity contribution < 1.29 is 28.3 Å². The number of nitrogens with zero attached hydrogens (tertiary/aromatic N) is 3. The lowest BCUT2D eigenvalue weighted by atomic mass is 9.93. The minimum atomic E-state index is -1.95. The van der Waals surface area contributed by atoms with Gasteiger partial charge in [-0.15, -0.1) is 5.10 Å². The maximum absolute atomic E-state index is 12.7. The fourth-order valence-corrected chi connectivity index (χ4v) is 2.72. The summed E-state index contributed by atoms with van der Waals surface area (Å²) in [7, 11) is 0. The SMILES string of the molecule is CC(C)(C)OC(=O)C(N)(CCCCNC(=O)n1ncc(-c2ccco2)n1)C(=O)OC(C)(C)C. The minimum absolute atomic E-state index is 0.00460. The summed E-state index contributed by atoms with van der Waals surface area (Å²) in [6.07, 6.45) is 3.72. The molecule has 0 atom stereocenters. The van der Waals surface area contributed by atoms with E-state index < -0.39 is 34.7 Å². The van der Waals surface area contributed by atoms with Crippen molar-refractivity contribution in [1.82, 2.24) is 20.3 Å². The van der Waals surface area contributed by atoms with E-state index in [2.05, 4.69) is 15.5 Å². The first-order valence-electron chi connectivity index (χ1n) is 10.7. The molecule has 2 heterocycles. The Kier molecular flexibility index (Phi) is 8.02. The molecule has 33 heavy (non-hydrogen) atoms. The summed E-state index contributed by atoms with van der Waals surface area (Å²) in [5.41, 5.74) is 3.06. The molecule has 0 fully saturated rings. The van der Waals surface area contributed by atoms with E-state index in [0.29, 0.717) is 24.3 Å². The highest BCUT2D eigenvalue weighted by Gasteiger charge is 2.47. The van der Waals surface area contributed by atoms with Gasteiger partial charge in [-0.3, -0.25) is 0 Å². The normalized spacial score (nSPS) is 12.3. The van der Waals surface area contributed by atoms with Gasteiger partial charge >= 0.3 is 18.0 Å². The molecule has 11 nitrogen and oxygen atoms in total. The number of unbranched alkanes of at least 4 members (excludes halogenated alkanes) is 1. The molecule has 2 aromatic rings. The molecule has 2 aromatic heterocycles. The summed E-state index contributed by atoms with van der Waals surface area (Å²) in [6.45, 7) is 10.4. The molecule has 1 amide bonds. The molecule has 0 spiro atoms. The van der Waals surface area contributed by atoms with Crippen LogP contribution in [0.15, 0.2) is 29.0 Å². The van der Waals surface area contributed by atoms with Crippen LogP contribution in [0.4, 0.5) is 4.79 Å². The molecule has 182 valence electrons. The molecule has 2 rings (SSSR count). The van der Waals surface area contributed by atoms with E-state index in [1.165, 1.54) is 12.5 Å². The van der Waals surface area contributed by atoms with Crippen molar-refractivity contribution in [1.29, 1.82) is 0 Å². The molecule has 0 aromatic carbocycles. The molecule has 0 aliphatic heterocycles. The summed E-state index contributed by atoms with van der Waals surface area (Å²) in [6, 6.07) is 2.90. The standard InChI is InChI=1S/C22H33N5O6/c1-20(2,3)32-17(28)22(23,18(29)33-21(4,5)6)11-7-8-12-24-19(30)27-25-14-15(26-27)16-10-9-13-31-16/h9-10,13-14H,7-8,11-12,23H2,1-6H3,(H,24,30).